The Bertz CT molecular complexity index is 670. The molecule has 142 valence electrons. The van der Waals surface area contributed by atoms with E-state index in [2.05, 4.69) is 18.7 Å². The van der Waals surface area contributed by atoms with Crippen molar-refractivity contribution in [1.82, 2.24) is 9.80 Å². The predicted octanol–water partition coefficient (Wildman–Crippen LogP) is 3.89. The zero-order chi connectivity index (χ0) is 18.7. The van der Waals surface area contributed by atoms with Crippen LogP contribution in [0.5, 0.6) is 0 Å². The largest absolute Gasteiger partial charge is 0.342 e. The summed E-state index contributed by atoms with van der Waals surface area (Å²) in [5.74, 6) is 1.03. The van der Waals surface area contributed by atoms with E-state index in [-0.39, 0.29) is 11.3 Å². The van der Waals surface area contributed by atoms with E-state index in [1.165, 1.54) is 0 Å². The van der Waals surface area contributed by atoms with Gasteiger partial charge in [0.05, 0.1) is 0 Å². The van der Waals surface area contributed by atoms with Gasteiger partial charge in [0, 0.05) is 43.6 Å². The second-order valence-corrected chi connectivity index (χ2v) is 8.70. The van der Waals surface area contributed by atoms with Gasteiger partial charge in [0.25, 0.3) is 5.91 Å². The Balaban J connectivity index is 1.70. The molecular weight excluding hydrogens is 324 g/mol. The molecule has 4 heteroatoms. The summed E-state index contributed by atoms with van der Waals surface area (Å²) in [7, 11) is 0. The molecule has 0 saturated carbocycles. The summed E-state index contributed by atoms with van der Waals surface area (Å²) in [6.07, 6.45) is 4.75. The zero-order valence-electron chi connectivity index (χ0n) is 16.5. The molecule has 1 aromatic carbocycles. The predicted molar refractivity (Wildman–Crippen MR) is 104 cm³/mol. The van der Waals surface area contributed by atoms with Gasteiger partial charge in [0.15, 0.2) is 0 Å². The first kappa shape index (κ1) is 18.9. The van der Waals surface area contributed by atoms with Gasteiger partial charge in [0.1, 0.15) is 0 Å². The van der Waals surface area contributed by atoms with Crippen LogP contribution in [0.25, 0.3) is 0 Å². The maximum absolute atomic E-state index is 13.0. The third-order valence-electron chi connectivity index (χ3n) is 5.94. The van der Waals surface area contributed by atoms with Gasteiger partial charge in [-0.15, -0.1) is 0 Å². The van der Waals surface area contributed by atoms with Crippen LogP contribution >= 0.6 is 0 Å². The molecule has 4 nitrogen and oxygen atoms in total. The highest BCUT2D eigenvalue weighted by Crippen LogP contribution is 2.39. The fourth-order valence-electron chi connectivity index (χ4n) is 4.40. The van der Waals surface area contributed by atoms with Crippen LogP contribution in [0.3, 0.4) is 0 Å². The van der Waals surface area contributed by atoms with Gasteiger partial charge in [-0.05, 0) is 50.7 Å². The summed E-state index contributed by atoms with van der Waals surface area (Å²) in [6.45, 7) is 9.70. The Morgan fingerprint density at radius 1 is 1.23 bits per heavy atom. The topological polar surface area (TPSA) is 40.6 Å². The molecule has 0 unspecified atom stereocenters. The standard InChI is InChI=1S/C22H32N2O2/c1-17(2)9-13-23-15-22(11-8-20(23)25)10-5-12-24(16-22)21(26)19-7-4-6-18(3)14-19/h4,6-7,14,17H,5,8-13,15-16H2,1-3H3/t22-/m0/s1. The highest BCUT2D eigenvalue weighted by molar-refractivity contribution is 5.94. The Hall–Kier alpha value is -1.84. The van der Waals surface area contributed by atoms with Gasteiger partial charge >= 0.3 is 0 Å². The van der Waals surface area contributed by atoms with Crippen molar-refractivity contribution in [3.8, 4) is 0 Å². The molecule has 1 aromatic rings. The van der Waals surface area contributed by atoms with Gasteiger partial charge < -0.3 is 9.80 Å². The van der Waals surface area contributed by atoms with Crippen molar-refractivity contribution in [2.75, 3.05) is 26.2 Å². The van der Waals surface area contributed by atoms with E-state index >= 15 is 0 Å². The lowest BCUT2D eigenvalue weighted by Gasteiger charge is -2.48. The summed E-state index contributed by atoms with van der Waals surface area (Å²) in [4.78, 5) is 29.4. The van der Waals surface area contributed by atoms with Crippen LogP contribution in [0.4, 0.5) is 0 Å². The molecule has 26 heavy (non-hydrogen) atoms. The number of amides is 2. The van der Waals surface area contributed by atoms with Crippen LogP contribution in [-0.2, 0) is 4.79 Å². The van der Waals surface area contributed by atoms with E-state index < -0.39 is 0 Å². The molecule has 0 aromatic heterocycles. The van der Waals surface area contributed by atoms with Crippen molar-refractivity contribution < 1.29 is 9.59 Å². The van der Waals surface area contributed by atoms with E-state index in [1.54, 1.807) is 0 Å². The van der Waals surface area contributed by atoms with E-state index in [1.807, 2.05) is 36.1 Å². The van der Waals surface area contributed by atoms with Crippen LogP contribution in [-0.4, -0.2) is 47.8 Å². The summed E-state index contributed by atoms with van der Waals surface area (Å²) >= 11 is 0. The molecule has 2 aliphatic rings. The number of aryl methyl sites for hydroxylation is 1. The molecular formula is C22H32N2O2. The molecule has 2 fully saturated rings. The van der Waals surface area contributed by atoms with E-state index in [9.17, 15) is 9.59 Å². The molecule has 0 N–H and O–H groups in total. The third-order valence-corrected chi connectivity index (χ3v) is 5.94. The number of carbonyl (C=O) groups is 2. The smallest absolute Gasteiger partial charge is 0.253 e. The lowest BCUT2D eigenvalue weighted by Crippen LogP contribution is -2.55. The molecule has 1 spiro atoms. The summed E-state index contributed by atoms with van der Waals surface area (Å²) in [5, 5.41) is 0. The van der Waals surface area contributed by atoms with Crippen LogP contribution in [0.2, 0.25) is 0 Å². The molecule has 3 rings (SSSR count). The molecule has 2 heterocycles. The first-order chi connectivity index (χ1) is 12.4. The third kappa shape index (κ3) is 4.28. The Morgan fingerprint density at radius 3 is 2.77 bits per heavy atom. The zero-order valence-corrected chi connectivity index (χ0v) is 16.5. The van der Waals surface area contributed by atoms with E-state index in [0.29, 0.717) is 18.2 Å². The fraction of sp³-hybridized carbons (Fsp3) is 0.636. The minimum atomic E-state index is 0.0859. The lowest BCUT2D eigenvalue weighted by atomic mass is 9.73. The van der Waals surface area contributed by atoms with Gasteiger partial charge in [0.2, 0.25) is 5.91 Å². The summed E-state index contributed by atoms with van der Waals surface area (Å²) in [5.41, 5.74) is 1.99. The Labute approximate surface area is 157 Å². The minimum Gasteiger partial charge on any atom is -0.342 e. The number of hydrogen-bond acceptors (Lipinski definition) is 2. The number of rotatable bonds is 4. The minimum absolute atomic E-state index is 0.0859. The average molecular weight is 357 g/mol. The van der Waals surface area contributed by atoms with Crippen molar-refractivity contribution in [1.29, 1.82) is 0 Å². The molecule has 2 saturated heterocycles. The second kappa shape index (κ2) is 7.81. The highest BCUT2D eigenvalue weighted by atomic mass is 16.2. The number of hydrogen-bond donors (Lipinski definition) is 0. The molecule has 2 amide bonds. The first-order valence-electron chi connectivity index (χ1n) is 10.0. The van der Waals surface area contributed by atoms with Gasteiger partial charge in [-0.3, -0.25) is 9.59 Å². The number of nitrogens with zero attached hydrogens (tertiary/aromatic N) is 2. The van der Waals surface area contributed by atoms with Gasteiger partial charge in [-0.2, -0.15) is 0 Å². The van der Waals surface area contributed by atoms with Gasteiger partial charge in [-0.1, -0.05) is 31.5 Å². The van der Waals surface area contributed by atoms with Crippen molar-refractivity contribution in [3.63, 3.8) is 0 Å². The Kier molecular flexibility index (Phi) is 5.69. The first-order valence-corrected chi connectivity index (χ1v) is 10.0. The van der Waals surface area contributed by atoms with Crippen molar-refractivity contribution in [3.05, 3.63) is 35.4 Å². The number of piperidine rings is 2. The lowest BCUT2D eigenvalue weighted by molar-refractivity contribution is -0.139. The van der Waals surface area contributed by atoms with Crippen molar-refractivity contribution in [2.24, 2.45) is 11.3 Å². The van der Waals surface area contributed by atoms with E-state index in [4.69, 9.17) is 0 Å². The Morgan fingerprint density at radius 2 is 2.04 bits per heavy atom. The summed E-state index contributed by atoms with van der Waals surface area (Å²) < 4.78 is 0. The highest BCUT2D eigenvalue weighted by Gasteiger charge is 2.42. The molecule has 2 aliphatic heterocycles. The molecule has 0 radical (unpaired) electrons. The van der Waals surface area contributed by atoms with Crippen LogP contribution in [0, 0.1) is 18.3 Å². The monoisotopic (exact) mass is 356 g/mol. The summed E-state index contributed by atoms with van der Waals surface area (Å²) in [6, 6.07) is 7.86. The second-order valence-electron chi connectivity index (χ2n) is 8.70. The fourth-order valence-corrected chi connectivity index (χ4v) is 4.40. The molecule has 0 aliphatic carbocycles. The van der Waals surface area contributed by atoms with Crippen LogP contribution in [0.1, 0.15) is 61.9 Å². The SMILES string of the molecule is Cc1cccc(C(=O)N2CCC[C@@]3(CCC(=O)N(CCC(C)C)C3)C2)c1. The van der Waals surface area contributed by atoms with Crippen molar-refractivity contribution in [2.45, 2.75) is 52.9 Å². The van der Waals surface area contributed by atoms with Gasteiger partial charge in [-0.25, -0.2) is 0 Å². The van der Waals surface area contributed by atoms with Crippen LogP contribution < -0.4 is 0 Å². The quantitative estimate of drug-likeness (QED) is 0.821. The normalized spacial score (nSPS) is 23.8. The molecule has 1 atom stereocenters. The maximum Gasteiger partial charge on any atom is 0.253 e. The molecule has 0 bridgehead atoms. The number of likely N-dealkylation sites (tertiary alicyclic amines) is 2. The maximum atomic E-state index is 13.0. The van der Waals surface area contributed by atoms with Crippen LogP contribution in [0.15, 0.2) is 24.3 Å². The number of carbonyl (C=O) groups excluding carboxylic acids is 2. The average Bonchev–Trinajstić information content (AvgIpc) is 2.62. The number of benzene rings is 1. The van der Waals surface area contributed by atoms with E-state index in [0.717, 1.165) is 63.0 Å². The van der Waals surface area contributed by atoms with Crippen molar-refractivity contribution >= 4 is 11.8 Å².